The average Bonchev–Trinajstić information content (AvgIpc) is 3.17. The van der Waals surface area contributed by atoms with E-state index < -0.39 is 89.1 Å². The predicted octanol–water partition coefficient (Wildman–Crippen LogP) is 1.78. The van der Waals surface area contributed by atoms with Crippen LogP contribution in [0.2, 0.25) is 0 Å². The van der Waals surface area contributed by atoms with Crippen molar-refractivity contribution in [2.45, 2.75) is 26.7 Å². The number of benzene rings is 2. The van der Waals surface area contributed by atoms with Gasteiger partial charge in [-0.25, -0.2) is 9.59 Å². The lowest BCUT2D eigenvalue weighted by Crippen LogP contribution is -2.41. The van der Waals surface area contributed by atoms with Crippen LogP contribution in [0.15, 0.2) is 85.0 Å². The molecule has 0 bridgehead atoms. The van der Waals surface area contributed by atoms with Gasteiger partial charge in [0, 0.05) is 34.1 Å². The first-order valence-corrected chi connectivity index (χ1v) is 20.1. The molecule has 0 spiro atoms. The minimum Gasteiger partial charge on any atom is -0.481 e. The summed E-state index contributed by atoms with van der Waals surface area (Å²) in [6.07, 6.45) is -1.24. The third-order valence-electron chi connectivity index (χ3n) is 7.72. The number of hydrogen-bond donors (Lipinski definition) is 6. The first-order chi connectivity index (χ1) is 25.3. The van der Waals surface area contributed by atoms with Crippen LogP contribution in [0.4, 0.5) is 0 Å². The summed E-state index contributed by atoms with van der Waals surface area (Å²) in [7, 11) is -7.27. The number of ether oxygens (including phenoxy) is 3. The number of rotatable bonds is 23. The monoisotopic (exact) mass is 800 g/mol. The molecule has 0 saturated heterocycles. The van der Waals surface area contributed by atoms with Crippen molar-refractivity contribution in [2.75, 3.05) is 65.2 Å². The second-order valence-electron chi connectivity index (χ2n) is 12.7. The number of hydrogen-bond acceptors (Lipinski definition) is 14. The normalized spacial score (nSPS) is 13.5. The average molecular weight is 801 g/mol. The lowest BCUT2D eigenvalue weighted by molar-refractivity contribution is -0.156. The van der Waals surface area contributed by atoms with E-state index in [1.807, 2.05) is 0 Å². The van der Waals surface area contributed by atoms with Gasteiger partial charge in [0.25, 0.3) is 0 Å². The third kappa shape index (κ3) is 16.2. The molecule has 0 fully saturated rings. The Balaban J connectivity index is 0.000000540. The zero-order valence-corrected chi connectivity index (χ0v) is 32.1. The topological polar surface area (TPSA) is 261 Å². The molecule has 0 heterocycles. The van der Waals surface area contributed by atoms with Crippen molar-refractivity contribution in [1.29, 1.82) is 0 Å². The number of aliphatic hydroxyl groups is 4. The molecule has 0 aliphatic rings. The molecular formula is C36H50O16P2. The number of carbonyl (C=O) groups excluding carboxylic acids is 3. The Morgan fingerprint density at radius 2 is 1.04 bits per heavy atom. The lowest BCUT2D eigenvalue weighted by atomic mass is 9.92. The maximum atomic E-state index is 13.3. The minimum absolute atomic E-state index is 0.149. The van der Waals surface area contributed by atoms with Gasteiger partial charge in [-0.3, -0.25) is 18.7 Å². The van der Waals surface area contributed by atoms with Gasteiger partial charge in [-0.2, -0.15) is 0 Å². The quantitative estimate of drug-likeness (QED) is 0.0405. The van der Waals surface area contributed by atoms with E-state index in [9.17, 15) is 53.6 Å². The third-order valence-corrected chi connectivity index (χ3v) is 12.1. The SMILES string of the molecule is C=C(C)C(=O)OCC(CO)(CO)COC(=O)CCP(=O)(O)c1ccccc1.C=C(C)C(=O)OCC(CO)(CO)COP(=O)(CCC(=O)O)c1ccccc1. The molecule has 0 saturated carbocycles. The Morgan fingerprint density at radius 1 is 0.630 bits per heavy atom. The molecule has 2 atom stereocenters. The van der Waals surface area contributed by atoms with Gasteiger partial charge in [-0.1, -0.05) is 49.6 Å². The molecule has 2 unspecified atom stereocenters. The van der Waals surface area contributed by atoms with E-state index in [-0.39, 0.29) is 54.8 Å². The number of aliphatic carboxylic acids is 1. The highest BCUT2D eigenvalue weighted by Crippen LogP contribution is 2.47. The molecule has 0 aliphatic carbocycles. The molecule has 2 aromatic carbocycles. The van der Waals surface area contributed by atoms with Crippen LogP contribution in [0.1, 0.15) is 26.7 Å². The fraction of sp³-hybridized carbons (Fsp3) is 0.444. The Labute approximate surface area is 313 Å². The standard InChI is InChI=1S/2C18H25O8P/c1-14(2)17(22)26-13-18(10-19,11-20)12-25-16(21)8-9-27(23,24)15-6-4-3-5-7-15;1-14(2)17(23)25-12-18(10-19,11-20)13-26-27(24,9-8-16(21)22)15-6-4-3-5-7-15/h3-7,19-20H,1,8-13H2,2H3,(H,23,24);3-7,19-20H,1,8-13H2,2H3,(H,21,22). The fourth-order valence-electron chi connectivity index (χ4n) is 3.98. The van der Waals surface area contributed by atoms with Gasteiger partial charge in [-0.15, -0.1) is 0 Å². The van der Waals surface area contributed by atoms with Crippen LogP contribution >= 0.6 is 14.7 Å². The molecule has 300 valence electrons. The maximum absolute atomic E-state index is 13.3. The van der Waals surface area contributed by atoms with Crippen LogP contribution in [0.5, 0.6) is 0 Å². The Bertz CT molecular complexity index is 1640. The van der Waals surface area contributed by atoms with E-state index in [2.05, 4.69) is 13.2 Å². The molecule has 2 aromatic rings. The van der Waals surface area contributed by atoms with E-state index >= 15 is 0 Å². The Hall–Kier alpha value is -3.98. The molecule has 16 nitrogen and oxygen atoms in total. The van der Waals surface area contributed by atoms with Crippen LogP contribution in [0.3, 0.4) is 0 Å². The summed E-state index contributed by atoms with van der Waals surface area (Å²) in [5.41, 5.74) is -2.46. The largest absolute Gasteiger partial charge is 0.481 e. The Kier molecular flexibility index (Phi) is 20.5. The van der Waals surface area contributed by atoms with Gasteiger partial charge in [0.1, 0.15) is 19.8 Å². The summed E-state index contributed by atoms with van der Waals surface area (Å²) in [5.74, 6) is -3.28. The van der Waals surface area contributed by atoms with Gasteiger partial charge < -0.3 is 49.2 Å². The van der Waals surface area contributed by atoms with Crippen molar-refractivity contribution in [3.8, 4) is 0 Å². The highest BCUT2D eigenvalue weighted by atomic mass is 31.2. The number of carboxylic acid groups (broad SMARTS) is 1. The highest BCUT2D eigenvalue weighted by molar-refractivity contribution is 7.67. The van der Waals surface area contributed by atoms with E-state index in [4.69, 9.17) is 23.8 Å². The van der Waals surface area contributed by atoms with E-state index in [0.29, 0.717) is 5.30 Å². The van der Waals surface area contributed by atoms with Gasteiger partial charge in [-0.05, 0) is 38.1 Å². The van der Waals surface area contributed by atoms with Gasteiger partial charge in [0.2, 0.25) is 14.7 Å². The molecule has 0 aliphatic heterocycles. The van der Waals surface area contributed by atoms with Crippen molar-refractivity contribution < 1.29 is 77.5 Å². The van der Waals surface area contributed by atoms with Crippen molar-refractivity contribution >= 4 is 49.2 Å². The van der Waals surface area contributed by atoms with Crippen molar-refractivity contribution in [1.82, 2.24) is 0 Å². The summed E-state index contributed by atoms with van der Waals surface area (Å²) in [4.78, 5) is 55.9. The molecule has 2 rings (SSSR count). The number of aliphatic hydroxyl groups excluding tert-OH is 4. The van der Waals surface area contributed by atoms with E-state index in [1.54, 1.807) is 48.5 Å². The first-order valence-electron chi connectivity index (χ1n) is 16.5. The summed E-state index contributed by atoms with van der Waals surface area (Å²) >= 11 is 0. The second kappa shape index (κ2) is 23.1. The van der Waals surface area contributed by atoms with Gasteiger partial charge in [0.15, 0.2) is 0 Å². The van der Waals surface area contributed by atoms with Crippen LogP contribution in [0.25, 0.3) is 0 Å². The molecule has 0 radical (unpaired) electrons. The number of carboxylic acids is 1. The Morgan fingerprint density at radius 3 is 1.44 bits per heavy atom. The van der Waals surface area contributed by atoms with E-state index in [1.165, 1.54) is 26.0 Å². The molecule has 6 N–H and O–H groups in total. The number of carbonyl (C=O) groups is 4. The maximum Gasteiger partial charge on any atom is 0.333 e. The van der Waals surface area contributed by atoms with Crippen molar-refractivity contribution in [2.24, 2.45) is 10.8 Å². The summed E-state index contributed by atoms with van der Waals surface area (Å²) in [6.45, 7) is 5.82. The molecule has 0 amide bonds. The van der Waals surface area contributed by atoms with Crippen molar-refractivity contribution in [3.63, 3.8) is 0 Å². The first kappa shape index (κ1) is 48.0. The number of esters is 3. The van der Waals surface area contributed by atoms with E-state index in [0.717, 1.165) is 0 Å². The highest BCUT2D eigenvalue weighted by Gasteiger charge is 2.37. The summed E-state index contributed by atoms with van der Waals surface area (Å²) in [6, 6.07) is 16.1. The van der Waals surface area contributed by atoms with Crippen LogP contribution < -0.4 is 10.6 Å². The minimum atomic E-state index is -3.69. The van der Waals surface area contributed by atoms with Crippen LogP contribution in [-0.2, 0) is 47.0 Å². The zero-order chi connectivity index (χ0) is 41.0. The molecule has 54 heavy (non-hydrogen) atoms. The molecular weight excluding hydrogens is 750 g/mol. The summed E-state index contributed by atoms with van der Waals surface area (Å²) < 4.78 is 46.0. The fourth-order valence-corrected chi connectivity index (χ4v) is 7.49. The summed E-state index contributed by atoms with van der Waals surface area (Å²) in [5, 5.41) is 47.8. The van der Waals surface area contributed by atoms with Crippen molar-refractivity contribution in [3.05, 3.63) is 85.0 Å². The second-order valence-corrected chi connectivity index (χ2v) is 17.6. The smallest absolute Gasteiger partial charge is 0.333 e. The lowest BCUT2D eigenvalue weighted by Gasteiger charge is -2.31. The predicted molar refractivity (Wildman–Crippen MR) is 198 cm³/mol. The van der Waals surface area contributed by atoms with Crippen LogP contribution in [-0.4, -0.2) is 119 Å². The molecule has 0 aromatic heterocycles. The zero-order valence-electron chi connectivity index (χ0n) is 30.3. The molecule has 18 heteroatoms. The van der Waals surface area contributed by atoms with Gasteiger partial charge >= 0.3 is 23.9 Å². The van der Waals surface area contributed by atoms with Crippen LogP contribution in [0, 0.1) is 10.8 Å². The van der Waals surface area contributed by atoms with Gasteiger partial charge in [0.05, 0.1) is 56.7 Å².